The van der Waals surface area contributed by atoms with Gasteiger partial charge in [-0.05, 0) is 64.0 Å². The number of rotatable bonds is 4. The van der Waals surface area contributed by atoms with Crippen molar-refractivity contribution in [3.63, 3.8) is 0 Å². The van der Waals surface area contributed by atoms with Gasteiger partial charge in [-0.15, -0.1) is 0 Å². The van der Waals surface area contributed by atoms with E-state index in [-0.39, 0.29) is 16.7 Å². The quantitative estimate of drug-likeness (QED) is 0.875. The third kappa shape index (κ3) is 4.28. The molecule has 0 bridgehead atoms. The van der Waals surface area contributed by atoms with Crippen LogP contribution in [-0.4, -0.2) is 38.4 Å². The van der Waals surface area contributed by atoms with Crippen LogP contribution in [0.2, 0.25) is 0 Å². The summed E-state index contributed by atoms with van der Waals surface area (Å²) < 4.78 is 22.4. The van der Waals surface area contributed by atoms with Gasteiger partial charge in [0.25, 0.3) is 0 Å². The maximum absolute atomic E-state index is 12.3. The predicted octanol–water partition coefficient (Wildman–Crippen LogP) is 1.39. The van der Waals surface area contributed by atoms with Crippen molar-refractivity contribution in [1.82, 2.24) is 4.90 Å². The topological polar surface area (TPSA) is 92.5 Å². The molecule has 7 heteroatoms. The molecule has 1 aromatic carbocycles. The minimum Gasteiger partial charge on any atom is -0.326 e. The molecular formula is C15H23N3O3S. The van der Waals surface area contributed by atoms with E-state index in [2.05, 4.69) is 24.1 Å². The Morgan fingerprint density at radius 1 is 1.23 bits per heavy atom. The second-order valence-corrected chi connectivity index (χ2v) is 7.52. The second kappa shape index (κ2) is 6.76. The average molecular weight is 325 g/mol. The number of carbonyl (C=O) groups excluding carboxylic acids is 1. The lowest BCUT2D eigenvalue weighted by atomic mass is 9.95. The molecule has 1 amide bonds. The molecule has 0 radical (unpaired) electrons. The molecule has 1 heterocycles. The maximum Gasteiger partial charge on any atom is 0.238 e. The van der Waals surface area contributed by atoms with Crippen molar-refractivity contribution >= 4 is 21.6 Å². The van der Waals surface area contributed by atoms with E-state index in [1.807, 2.05) is 0 Å². The number of carbonyl (C=O) groups is 1. The first-order chi connectivity index (χ1) is 10.3. The summed E-state index contributed by atoms with van der Waals surface area (Å²) in [4.78, 5) is 14.7. The van der Waals surface area contributed by atoms with Crippen molar-refractivity contribution in [2.45, 2.75) is 37.6 Å². The molecule has 1 saturated heterocycles. The van der Waals surface area contributed by atoms with Crippen molar-refractivity contribution in [3.8, 4) is 0 Å². The van der Waals surface area contributed by atoms with Gasteiger partial charge >= 0.3 is 0 Å². The predicted molar refractivity (Wildman–Crippen MR) is 85.9 cm³/mol. The van der Waals surface area contributed by atoms with Crippen LogP contribution in [0.4, 0.5) is 5.69 Å². The summed E-state index contributed by atoms with van der Waals surface area (Å²) in [6.45, 7) is 6.18. The van der Waals surface area contributed by atoms with E-state index in [1.54, 1.807) is 12.1 Å². The Labute approximate surface area is 131 Å². The Kier molecular flexibility index (Phi) is 5.20. The Balaban J connectivity index is 1.93. The summed E-state index contributed by atoms with van der Waals surface area (Å²) in [7, 11) is -3.70. The second-order valence-electron chi connectivity index (χ2n) is 5.96. The number of anilines is 1. The molecule has 22 heavy (non-hydrogen) atoms. The van der Waals surface area contributed by atoms with Gasteiger partial charge in [0.2, 0.25) is 15.9 Å². The van der Waals surface area contributed by atoms with E-state index >= 15 is 0 Å². The minimum absolute atomic E-state index is 0.00733. The molecule has 1 fully saturated rings. The molecule has 6 nitrogen and oxygen atoms in total. The summed E-state index contributed by atoms with van der Waals surface area (Å²) in [5, 5.41) is 7.88. The normalized spacial score (nSPS) is 17.6. The first-order valence-corrected chi connectivity index (χ1v) is 9.00. The van der Waals surface area contributed by atoms with Crippen molar-refractivity contribution in [1.29, 1.82) is 0 Å². The lowest BCUT2D eigenvalue weighted by molar-refractivity contribution is -0.121. The van der Waals surface area contributed by atoms with Crippen LogP contribution in [0, 0.1) is 5.92 Å². The van der Waals surface area contributed by atoms with Crippen LogP contribution in [0.5, 0.6) is 0 Å². The van der Waals surface area contributed by atoms with Crippen molar-refractivity contribution in [2.24, 2.45) is 11.1 Å². The lowest BCUT2D eigenvalue weighted by Gasteiger charge is -2.33. The van der Waals surface area contributed by atoms with Gasteiger partial charge < -0.3 is 10.2 Å². The van der Waals surface area contributed by atoms with Gasteiger partial charge in [-0.2, -0.15) is 0 Å². The number of sulfonamides is 1. The van der Waals surface area contributed by atoms with Gasteiger partial charge in [-0.1, -0.05) is 0 Å². The summed E-state index contributed by atoms with van der Waals surface area (Å²) in [5.74, 6) is -0.000297. The molecule has 0 aromatic heterocycles. The van der Waals surface area contributed by atoms with Crippen molar-refractivity contribution < 1.29 is 13.2 Å². The highest BCUT2D eigenvalue weighted by molar-refractivity contribution is 7.89. The van der Waals surface area contributed by atoms with E-state index in [0.717, 1.165) is 25.9 Å². The first-order valence-electron chi connectivity index (χ1n) is 7.45. The van der Waals surface area contributed by atoms with E-state index in [4.69, 9.17) is 5.14 Å². The fourth-order valence-corrected chi connectivity index (χ4v) is 3.17. The van der Waals surface area contributed by atoms with Crippen LogP contribution in [0.1, 0.15) is 26.7 Å². The molecule has 0 unspecified atom stereocenters. The molecule has 3 N–H and O–H groups in total. The number of hydrogen-bond acceptors (Lipinski definition) is 4. The number of nitrogens with one attached hydrogen (secondary N) is 1. The number of hydrogen-bond donors (Lipinski definition) is 2. The number of piperidine rings is 1. The van der Waals surface area contributed by atoms with Crippen molar-refractivity contribution in [2.75, 3.05) is 18.4 Å². The third-order valence-corrected chi connectivity index (χ3v) is 5.01. The third-order valence-electron chi connectivity index (χ3n) is 4.08. The van der Waals surface area contributed by atoms with Crippen LogP contribution in [0.25, 0.3) is 0 Å². The standard InChI is InChI=1S/C15H23N3O3S/c1-11(2)18-9-7-12(8-10-18)15(19)17-13-3-5-14(6-4-13)22(16,20)21/h3-6,11-12H,7-10H2,1-2H3,(H,17,19)(H2,16,20,21). The van der Waals surface area contributed by atoms with Gasteiger partial charge in [0, 0.05) is 17.6 Å². The van der Waals surface area contributed by atoms with Gasteiger partial charge in [-0.25, -0.2) is 13.6 Å². The van der Waals surface area contributed by atoms with Crippen LogP contribution in [0.15, 0.2) is 29.2 Å². The highest BCUT2D eigenvalue weighted by Crippen LogP contribution is 2.21. The highest BCUT2D eigenvalue weighted by Gasteiger charge is 2.26. The monoisotopic (exact) mass is 325 g/mol. The lowest BCUT2D eigenvalue weighted by Crippen LogP contribution is -2.41. The van der Waals surface area contributed by atoms with Gasteiger partial charge in [0.1, 0.15) is 0 Å². The van der Waals surface area contributed by atoms with E-state index in [1.165, 1.54) is 12.1 Å². The van der Waals surface area contributed by atoms with E-state index in [9.17, 15) is 13.2 Å². The Bertz CT molecular complexity index is 618. The molecular weight excluding hydrogens is 302 g/mol. The zero-order valence-electron chi connectivity index (χ0n) is 13.0. The summed E-state index contributed by atoms with van der Waals surface area (Å²) in [6.07, 6.45) is 1.69. The molecule has 1 aliphatic rings. The number of nitrogens with zero attached hydrogens (tertiary/aromatic N) is 1. The zero-order valence-corrected chi connectivity index (χ0v) is 13.8. The Morgan fingerprint density at radius 2 is 1.77 bits per heavy atom. The Morgan fingerprint density at radius 3 is 2.23 bits per heavy atom. The fourth-order valence-electron chi connectivity index (χ4n) is 2.65. The summed E-state index contributed by atoms with van der Waals surface area (Å²) >= 11 is 0. The SMILES string of the molecule is CC(C)N1CCC(C(=O)Nc2ccc(S(N)(=O)=O)cc2)CC1. The van der Waals surface area contributed by atoms with E-state index < -0.39 is 10.0 Å². The fraction of sp³-hybridized carbons (Fsp3) is 0.533. The molecule has 122 valence electrons. The van der Waals surface area contributed by atoms with Gasteiger partial charge in [0.05, 0.1) is 4.90 Å². The molecule has 2 rings (SSSR count). The largest absolute Gasteiger partial charge is 0.326 e. The molecule has 0 aliphatic carbocycles. The number of amides is 1. The van der Waals surface area contributed by atoms with Gasteiger partial charge in [-0.3, -0.25) is 4.79 Å². The number of primary sulfonamides is 1. The smallest absolute Gasteiger partial charge is 0.238 e. The van der Waals surface area contributed by atoms with Crippen LogP contribution < -0.4 is 10.5 Å². The maximum atomic E-state index is 12.3. The molecule has 0 saturated carbocycles. The van der Waals surface area contributed by atoms with Crippen LogP contribution in [-0.2, 0) is 14.8 Å². The molecule has 0 atom stereocenters. The molecule has 0 spiro atoms. The zero-order chi connectivity index (χ0) is 16.3. The number of benzene rings is 1. The average Bonchev–Trinajstić information content (AvgIpc) is 2.47. The number of nitrogens with two attached hydrogens (primary N) is 1. The summed E-state index contributed by atoms with van der Waals surface area (Å²) in [5.41, 5.74) is 0.587. The highest BCUT2D eigenvalue weighted by atomic mass is 32.2. The Hall–Kier alpha value is -1.44. The van der Waals surface area contributed by atoms with Crippen LogP contribution >= 0.6 is 0 Å². The van der Waals surface area contributed by atoms with Crippen LogP contribution in [0.3, 0.4) is 0 Å². The van der Waals surface area contributed by atoms with E-state index in [0.29, 0.717) is 11.7 Å². The minimum atomic E-state index is -3.70. The van der Waals surface area contributed by atoms with Gasteiger partial charge in [0.15, 0.2) is 0 Å². The van der Waals surface area contributed by atoms with Crippen molar-refractivity contribution in [3.05, 3.63) is 24.3 Å². The summed E-state index contributed by atoms with van der Waals surface area (Å²) in [6, 6.07) is 6.41. The molecule has 1 aromatic rings. The molecule has 1 aliphatic heterocycles. The first kappa shape index (κ1) is 16.9. The number of likely N-dealkylation sites (tertiary alicyclic amines) is 1.